The minimum absolute atomic E-state index is 0.100. The molecule has 0 unspecified atom stereocenters. The van der Waals surface area contributed by atoms with E-state index in [-0.39, 0.29) is 35.1 Å². The number of methoxy groups -OCH3 is 1. The first-order valence-electron chi connectivity index (χ1n) is 9.14. The second-order valence-electron chi connectivity index (χ2n) is 6.09. The van der Waals surface area contributed by atoms with Crippen molar-refractivity contribution in [3.8, 4) is 23.3 Å². The lowest BCUT2D eigenvalue weighted by Gasteiger charge is -2.11. The molecule has 0 aliphatic rings. The Morgan fingerprint density at radius 2 is 1.94 bits per heavy atom. The fourth-order valence-corrected chi connectivity index (χ4v) is 2.39. The van der Waals surface area contributed by atoms with Crippen LogP contribution < -0.4 is 19.5 Å². The van der Waals surface area contributed by atoms with E-state index in [1.165, 1.54) is 55.7 Å². The first kappa shape index (κ1) is 23.6. The van der Waals surface area contributed by atoms with Crippen LogP contribution in [0.3, 0.4) is 0 Å². The molecular weight excluding hydrogens is 418 g/mol. The van der Waals surface area contributed by atoms with Gasteiger partial charge >= 0.3 is 5.97 Å². The molecule has 2 aromatic rings. The van der Waals surface area contributed by atoms with Gasteiger partial charge in [0.15, 0.2) is 18.1 Å². The maximum Gasteiger partial charge on any atom is 0.349 e. The van der Waals surface area contributed by atoms with Gasteiger partial charge in [-0.3, -0.25) is 14.9 Å². The SMILES string of the molecule is C=CCNC(=O)C(C#N)=Cc1ccc(OC(=O)COc2ccc([N+](=O)[O-])cc2)c(OC)c1. The summed E-state index contributed by atoms with van der Waals surface area (Å²) in [6.45, 7) is 3.27. The first-order chi connectivity index (χ1) is 15.4. The molecule has 10 nitrogen and oxygen atoms in total. The topological polar surface area (TPSA) is 141 Å². The summed E-state index contributed by atoms with van der Waals surface area (Å²) in [6.07, 6.45) is 2.86. The number of amides is 1. The molecule has 0 atom stereocenters. The maximum atomic E-state index is 12.1. The Morgan fingerprint density at radius 3 is 2.53 bits per heavy atom. The van der Waals surface area contributed by atoms with Gasteiger partial charge in [-0.05, 0) is 35.9 Å². The zero-order valence-corrected chi connectivity index (χ0v) is 17.1. The van der Waals surface area contributed by atoms with Crippen molar-refractivity contribution in [3.63, 3.8) is 0 Å². The molecule has 0 heterocycles. The Labute approximate surface area is 183 Å². The van der Waals surface area contributed by atoms with Crippen LogP contribution in [0.2, 0.25) is 0 Å². The van der Waals surface area contributed by atoms with E-state index in [0.29, 0.717) is 5.56 Å². The van der Waals surface area contributed by atoms with Crippen molar-refractivity contribution in [3.05, 3.63) is 76.4 Å². The van der Waals surface area contributed by atoms with Gasteiger partial charge in [0.2, 0.25) is 0 Å². The van der Waals surface area contributed by atoms with Gasteiger partial charge in [-0.25, -0.2) is 4.79 Å². The second kappa shape index (κ2) is 11.5. The highest BCUT2D eigenvalue weighted by Gasteiger charge is 2.14. The third-order valence-corrected chi connectivity index (χ3v) is 3.90. The molecule has 1 amide bonds. The molecule has 0 aliphatic carbocycles. The number of nitrogens with one attached hydrogen (secondary N) is 1. The highest BCUT2D eigenvalue weighted by molar-refractivity contribution is 6.01. The summed E-state index contributed by atoms with van der Waals surface area (Å²) < 4.78 is 15.7. The monoisotopic (exact) mass is 437 g/mol. The lowest BCUT2D eigenvalue weighted by molar-refractivity contribution is -0.384. The van der Waals surface area contributed by atoms with Gasteiger partial charge in [0.1, 0.15) is 17.4 Å². The molecule has 0 aromatic heterocycles. The first-order valence-corrected chi connectivity index (χ1v) is 9.14. The molecule has 32 heavy (non-hydrogen) atoms. The number of carbonyl (C=O) groups excluding carboxylic acids is 2. The summed E-state index contributed by atoms with van der Waals surface area (Å²) in [5.41, 5.74) is 0.265. The number of benzene rings is 2. The van der Waals surface area contributed by atoms with Crippen molar-refractivity contribution in [1.29, 1.82) is 5.26 Å². The van der Waals surface area contributed by atoms with Crippen LogP contribution in [-0.2, 0) is 9.59 Å². The number of hydrogen-bond donors (Lipinski definition) is 1. The Balaban J connectivity index is 2.05. The molecule has 164 valence electrons. The zero-order valence-electron chi connectivity index (χ0n) is 17.1. The van der Waals surface area contributed by atoms with Crippen LogP contribution in [0.25, 0.3) is 6.08 Å². The lowest BCUT2D eigenvalue weighted by atomic mass is 10.1. The Morgan fingerprint density at radius 1 is 1.22 bits per heavy atom. The second-order valence-corrected chi connectivity index (χ2v) is 6.09. The number of hydrogen-bond acceptors (Lipinski definition) is 8. The predicted molar refractivity (Wildman–Crippen MR) is 114 cm³/mol. The third kappa shape index (κ3) is 6.70. The molecule has 10 heteroatoms. The number of nitrogens with zero attached hydrogens (tertiary/aromatic N) is 2. The lowest BCUT2D eigenvalue weighted by Crippen LogP contribution is -2.24. The largest absolute Gasteiger partial charge is 0.493 e. The van der Waals surface area contributed by atoms with Gasteiger partial charge in [-0.15, -0.1) is 6.58 Å². The predicted octanol–water partition coefficient (Wildman–Crippen LogP) is 2.80. The van der Waals surface area contributed by atoms with Crippen LogP contribution in [0.5, 0.6) is 17.2 Å². The molecule has 0 radical (unpaired) electrons. The molecule has 2 rings (SSSR count). The number of non-ortho nitro benzene ring substituents is 1. The fraction of sp³-hybridized carbons (Fsp3) is 0.136. The van der Waals surface area contributed by atoms with E-state index in [1.54, 1.807) is 6.07 Å². The summed E-state index contributed by atoms with van der Waals surface area (Å²) >= 11 is 0. The van der Waals surface area contributed by atoms with Gasteiger partial charge < -0.3 is 19.5 Å². The number of nitriles is 1. The van der Waals surface area contributed by atoms with Crippen LogP contribution in [0.15, 0.2) is 60.7 Å². The van der Waals surface area contributed by atoms with E-state index >= 15 is 0 Å². The van der Waals surface area contributed by atoms with E-state index in [0.717, 1.165) is 0 Å². The number of rotatable bonds is 10. The van der Waals surface area contributed by atoms with Crippen LogP contribution in [0.1, 0.15) is 5.56 Å². The quantitative estimate of drug-likeness (QED) is 0.114. The fourth-order valence-electron chi connectivity index (χ4n) is 2.39. The van der Waals surface area contributed by atoms with E-state index in [9.17, 15) is 25.0 Å². The van der Waals surface area contributed by atoms with E-state index in [2.05, 4.69) is 11.9 Å². The van der Waals surface area contributed by atoms with Crippen LogP contribution in [0.4, 0.5) is 5.69 Å². The van der Waals surface area contributed by atoms with Crippen molar-refractivity contribution in [2.75, 3.05) is 20.3 Å². The van der Waals surface area contributed by atoms with Crippen molar-refractivity contribution < 1.29 is 28.7 Å². The average Bonchev–Trinajstić information content (AvgIpc) is 2.80. The molecule has 0 spiro atoms. The summed E-state index contributed by atoms with van der Waals surface area (Å²) in [5.74, 6) is -0.710. The number of nitro groups is 1. The molecule has 1 N–H and O–H groups in total. The van der Waals surface area contributed by atoms with Gasteiger partial charge in [-0.1, -0.05) is 12.1 Å². The minimum atomic E-state index is -0.730. The van der Waals surface area contributed by atoms with Crippen molar-refractivity contribution in [2.45, 2.75) is 0 Å². The Hall–Kier alpha value is -4.65. The van der Waals surface area contributed by atoms with Gasteiger partial charge in [0.25, 0.3) is 11.6 Å². The normalized spacial score (nSPS) is 10.4. The third-order valence-electron chi connectivity index (χ3n) is 3.90. The van der Waals surface area contributed by atoms with Gasteiger partial charge in [-0.2, -0.15) is 5.26 Å². The van der Waals surface area contributed by atoms with E-state index < -0.39 is 23.4 Å². The molecule has 0 saturated heterocycles. The molecule has 0 aliphatic heterocycles. The van der Waals surface area contributed by atoms with Crippen molar-refractivity contribution in [2.24, 2.45) is 0 Å². The number of esters is 1. The van der Waals surface area contributed by atoms with E-state index in [4.69, 9.17) is 14.2 Å². The molecule has 2 aromatic carbocycles. The van der Waals surface area contributed by atoms with Crippen molar-refractivity contribution in [1.82, 2.24) is 5.32 Å². The average molecular weight is 437 g/mol. The molecule has 0 fully saturated rings. The summed E-state index contributed by atoms with van der Waals surface area (Å²) in [4.78, 5) is 34.2. The number of carbonyl (C=O) groups is 2. The highest BCUT2D eigenvalue weighted by Crippen LogP contribution is 2.29. The van der Waals surface area contributed by atoms with E-state index in [1.807, 2.05) is 6.07 Å². The summed E-state index contributed by atoms with van der Waals surface area (Å²) in [7, 11) is 1.37. The molecule has 0 bridgehead atoms. The van der Waals surface area contributed by atoms with Crippen LogP contribution in [-0.4, -0.2) is 37.1 Å². The smallest absolute Gasteiger partial charge is 0.349 e. The molecular formula is C22H19N3O7. The number of ether oxygens (including phenoxy) is 3. The summed E-state index contributed by atoms with van der Waals surface area (Å²) in [6, 6.07) is 11.5. The van der Waals surface area contributed by atoms with Crippen molar-refractivity contribution >= 4 is 23.6 Å². The standard InChI is InChI=1S/C22H19N3O7/c1-3-10-24-22(27)16(13-23)11-15-4-9-19(20(12-15)30-2)32-21(26)14-31-18-7-5-17(6-8-18)25(28)29/h3-9,11-12H,1,10,14H2,2H3,(H,24,27). The Bertz CT molecular complexity index is 1090. The van der Waals surface area contributed by atoms with Gasteiger partial charge in [0, 0.05) is 18.7 Å². The van der Waals surface area contributed by atoms with Gasteiger partial charge in [0.05, 0.1) is 12.0 Å². The van der Waals surface area contributed by atoms with Crippen LogP contribution in [0, 0.1) is 21.4 Å². The number of nitro benzene ring substituents is 1. The summed E-state index contributed by atoms with van der Waals surface area (Å²) in [5, 5.41) is 22.4. The molecule has 0 saturated carbocycles. The minimum Gasteiger partial charge on any atom is -0.493 e. The van der Waals surface area contributed by atoms with Crippen LogP contribution >= 0.6 is 0 Å². The Kier molecular flexibility index (Phi) is 8.50. The maximum absolute atomic E-state index is 12.1. The highest BCUT2D eigenvalue weighted by atomic mass is 16.6. The zero-order chi connectivity index (χ0) is 23.5.